The highest BCUT2D eigenvalue weighted by Crippen LogP contribution is 2.20. The summed E-state index contributed by atoms with van der Waals surface area (Å²) in [6.07, 6.45) is 2.03. The molecule has 9 nitrogen and oxygen atoms in total. The van der Waals surface area contributed by atoms with E-state index in [4.69, 9.17) is 4.74 Å². The van der Waals surface area contributed by atoms with Crippen molar-refractivity contribution in [1.82, 2.24) is 14.5 Å². The Labute approximate surface area is 237 Å². The van der Waals surface area contributed by atoms with Gasteiger partial charge in [0.05, 0.1) is 23.6 Å². The molecule has 0 spiro atoms. The number of nitrogens with zero attached hydrogens (tertiary/aromatic N) is 2. The van der Waals surface area contributed by atoms with Gasteiger partial charge in [0.2, 0.25) is 5.91 Å². The van der Waals surface area contributed by atoms with Gasteiger partial charge in [-0.2, -0.15) is 0 Å². The number of carbonyl (C=O) groups excluding carboxylic acids is 2. The minimum atomic E-state index is -0.615. The average Bonchev–Trinajstić information content (AvgIpc) is 3.49. The van der Waals surface area contributed by atoms with Crippen molar-refractivity contribution in [2.45, 2.75) is 52.3 Å². The first-order valence-electron chi connectivity index (χ1n) is 13.9. The van der Waals surface area contributed by atoms with E-state index in [0.717, 1.165) is 34.1 Å². The van der Waals surface area contributed by atoms with Gasteiger partial charge >= 0.3 is 5.69 Å². The van der Waals surface area contributed by atoms with Gasteiger partial charge < -0.3 is 15.4 Å². The number of rotatable bonds is 9. The van der Waals surface area contributed by atoms with Crippen molar-refractivity contribution in [3.05, 3.63) is 110 Å². The standard InChI is InChI=1S/C32H34N4O5/c1-21-8-6-9-22(2)29(21)34-28(37)20-35-27-18-24(30(38)33-16-15-23-10-4-3-5-11-23)13-14-26(27)31(39)36(32(35)40)19-25-12-7-17-41-25/h3-6,8-11,13-14,18,25H,7,12,15-17,19-20H2,1-2H3,(H,33,38)(H,34,37)/t25-/m1/s1. The third kappa shape index (κ3) is 6.30. The number of para-hydroxylation sites is 1. The second-order valence-corrected chi connectivity index (χ2v) is 10.5. The summed E-state index contributed by atoms with van der Waals surface area (Å²) < 4.78 is 8.10. The van der Waals surface area contributed by atoms with Crippen LogP contribution in [0.15, 0.2) is 76.3 Å². The molecule has 1 atom stereocenters. The number of carbonyl (C=O) groups is 2. The number of hydrogen-bond acceptors (Lipinski definition) is 5. The molecule has 1 aliphatic heterocycles. The van der Waals surface area contributed by atoms with Gasteiger partial charge in [0.25, 0.3) is 11.5 Å². The van der Waals surface area contributed by atoms with Crippen molar-refractivity contribution >= 4 is 28.4 Å². The smallest absolute Gasteiger partial charge is 0.332 e. The molecule has 5 rings (SSSR count). The number of aromatic nitrogens is 2. The molecule has 41 heavy (non-hydrogen) atoms. The Balaban J connectivity index is 1.48. The maximum Gasteiger partial charge on any atom is 0.332 e. The van der Waals surface area contributed by atoms with E-state index in [1.54, 1.807) is 12.1 Å². The minimum absolute atomic E-state index is 0.105. The zero-order valence-electron chi connectivity index (χ0n) is 23.3. The largest absolute Gasteiger partial charge is 0.376 e. The zero-order chi connectivity index (χ0) is 28.9. The summed E-state index contributed by atoms with van der Waals surface area (Å²) in [5.74, 6) is -0.740. The van der Waals surface area contributed by atoms with Crippen molar-refractivity contribution in [1.29, 1.82) is 0 Å². The van der Waals surface area contributed by atoms with E-state index in [0.29, 0.717) is 30.8 Å². The van der Waals surface area contributed by atoms with Crippen LogP contribution < -0.4 is 21.9 Å². The number of amides is 2. The van der Waals surface area contributed by atoms with Gasteiger partial charge in [-0.15, -0.1) is 0 Å². The molecule has 4 aromatic rings. The van der Waals surface area contributed by atoms with E-state index < -0.39 is 17.2 Å². The lowest BCUT2D eigenvalue weighted by atomic mass is 10.1. The molecule has 0 bridgehead atoms. The molecule has 1 aromatic heterocycles. The van der Waals surface area contributed by atoms with Crippen molar-refractivity contribution < 1.29 is 14.3 Å². The molecule has 2 amide bonds. The molecule has 1 fully saturated rings. The van der Waals surface area contributed by atoms with Crippen LogP contribution in [0.25, 0.3) is 10.9 Å². The molecular formula is C32H34N4O5. The number of fused-ring (bicyclic) bond motifs is 1. The maximum atomic E-state index is 13.7. The predicted octanol–water partition coefficient (Wildman–Crippen LogP) is 3.57. The number of nitrogens with one attached hydrogen (secondary N) is 2. The van der Waals surface area contributed by atoms with Gasteiger partial charge in [-0.3, -0.25) is 23.5 Å². The molecule has 2 heterocycles. The van der Waals surface area contributed by atoms with Crippen molar-refractivity contribution in [2.24, 2.45) is 0 Å². The Morgan fingerprint density at radius 2 is 1.71 bits per heavy atom. The van der Waals surface area contributed by atoms with Crippen LogP contribution >= 0.6 is 0 Å². The van der Waals surface area contributed by atoms with Gasteiger partial charge in [-0.25, -0.2) is 4.79 Å². The van der Waals surface area contributed by atoms with Crippen LogP contribution in [0.4, 0.5) is 5.69 Å². The summed E-state index contributed by atoms with van der Waals surface area (Å²) in [6.45, 7) is 4.59. The third-order valence-electron chi connectivity index (χ3n) is 7.49. The predicted molar refractivity (Wildman–Crippen MR) is 158 cm³/mol. The van der Waals surface area contributed by atoms with Gasteiger partial charge in [-0.05, 0) is 68.0 Å². The highest BCUT2D eigenvalue weighted by molar-refractivity contribution is 5.98. The lowest BCUT2D eigenvalue weighted by Gasteiger charge is -2.17. The van der Waals surface area contributed by atoms with E-state index in [1.807, 2.05) is 62.4 Å². The monoisotopic (exact) mass is 554 g/mol. The van der Waals surface area contributed by atoms with E-state index >= 15 is 0 Å². The molecule has 1 aliphatic rings. The van der Waals surface area contributed by atoms with Gasteiger partial charge in [0, 0.05) is 24.4 Å². The normalized spacial score (nSPS) is 14.7. The average molecular weight is 555 g/mol. The summed E-state index contributed by atoms with van der Waals surface area (Å²) in [5, 5.41) is 6.07. The number of anilines is 1. The molecule has 2 N–H and O–H groups in total. The van der Waals surface area contributed by atoms with Crippen LogP contribution in [0.5, 0.6) is 0 Å². The topological polar surface area (TPSA) is 111 Å². The summed E-state index contributed by atoms with van der Waals surface area (Å²) in [5.41, 5.74) is 3.02. The molecule has 9 heteroatoms. The maximum absolute atomic E-state index is 13.7. The first kappa shape index (κ1) is 28.0. The zero-order valence-corrected chi connectivity index (χ0v) is 23.3. The summed E-state index contributed by atoms with van der Waals surface area (Å²) in [6, 6.07) is 20.2. The second kappa shape index (κ2) is 12.3. The third-order valence-corrected chi connectivity index (χ3v) is 7.49. The van der Waals surface area contributed by atoms with E-state index in [1.165, 1.54) is 10.6 Å². The lowest BCUT2D eigenvalue weighted by molar-refractivity contribution is -0.116. The van der Waals surface area contributed by atoms with Crippen molar-refractivity contribution in [2.75, 3.05) is 18.5 Å². The highest BCUT2D eigenvalue weighted by Gasteiger charge is 2.22. The quantitative estimate of drug-likeness (QED) is 0.329. The Morgan fingerprint density at radius 3 is 2.41 bits per heavy atom. The van der Waals surface area contributed by atoms with Crippen LogP contribution in [0.3, 0.4) is 0 Å². The van der Waals surface area contributed by atoms with Crippen LogP contribution in [-0.4, -0.2) is 40.2 Å². The molecule has 0 saturated carbocycles. The minimum Gasteiger partial charge on any atom is -0.376 e. The number of ether oxygens (including phenoxy) is 1. The molecule has 0 unspecified atom stereocenters. The summed E-state index contributed by atoms with van der Waals surface area (Å²) in [7, 11) is 0. The highest BCUT2D eigenvalue weighted by atomic mass is 16.5. The van der Waals surface area contributed by atoms with Crippen molar-refractivity contribution in [3.63, 3.8) is 0 Å². The fraction of sp³-hybridized carbons (Fsp3) is 0.312. The van der Waals surface area contributed by atoms with E-state index in [-0.39, 0.29) is 36.0 Å². The Hall–Kier alpha value is -4.50. The second-order valence-electron chi connectivity index (χ2n) is 10.5. The first-order chi connectivity index (χ1) is 19.8. The summed E-state index contributed by atoms with van der Waals surface area (Å²) >= 11 is 0. The van der Waals surface area contributed by atoms with Crippen LogP contribution in [-0.2, 0) is 29.0 Å². The van der Waals surface area contributed by atoms with Crippen LogP contribution in [0, 0.1) is 13.8 Å². The Morgan fingerprint density at radius 1 is 0.951 bits per heavy atom. The SMILES string of the molecule is Cc1cccc(C)c1NC(=O)Cn1c(=O)n(C[C@H]2CCCO2)c(=O)c2ccc(C(=O)NCCc3ccccc3)cc21. The Bertz CT molecular complexity index is 1680. The van der Waals surface area contributed by atoms with Gasteiger partial charge in [-0.1, -0.05) is 48.5 Å². The molecule has 1 saturated heterocycles. The fourth-order valence-corrected chi connectivity index (χ4v) is 5.27. The first-order valence-corrected chi connectivity index (χ1v) is 13.9. The molecule has 0 aliphatic carbocycles. The molecule has 3 aromatic carbocycles. The molecule has 0 radical (unpaired) electrons. The van der Waals surface area contributed by atoms with Crippen LogP contribution in [0.2, 0.25) is 0 Å². The number of aryl methyl sites for hydroxylation is 2. The van der Waals surface area contributed by atoms with Gasteiger partial charge in [0.1, 0.15) is 6.54 Å². The molecular weight excluding hydrogens is 520 g/mol. The van der Waals surface area contributed by atoms with Gasteiger partial charge in [0.15, 0.2) is 0 Å². The lowest BCUT2D eigenvalue weighted by Crippen LogP contribution is -2.44. The van der Waals surface area contributed by atoms with Crippen LogP contribution in [0.1, 0.15) is 39.9 Å². The van der Waals surface area contributed by atoms with E-state index in [2.05, 4.69) is 10.6 Å². The summed E-state index contributed by atoms with van der Waals surface area (Å²) in [4.78, 5) is 53.4. The Kier molecular flexibility index (Phi) is 8.45. The number of hydrogen-bond donors (Lipinski definition) is 2. The molecule has 212 valence electrons. The van der Waals surface area contributed by atoms with E-state index in [9.17, 15) is 19.2 Å². The van der Waals surface area contributed by atoms with Crippen molar-refractivity contribution in [3.8, 4) is 0 Å². The fourth-order valence-electron chi connectivity index (χ4n) is 5.27. The number of benzene rings is 3.